The van der Waals surface area contributed by atoms with Crippen molar-refractivity contribution in [2.24, 2.45) is 0 Å². The average molecular weight is 292 g/mol. The molecule has 20 heavy (non-hydrogen) atoms. The van der Waals surface area contributed by atoms with Gasteiger partial charge in [-0.1, -0.05) is 0 Å². The monoisotopic (exact) mass is 292 g/mol. The van der Waals surface area contributed by atoms with Crippen molar-refractivity contribution in [2.75, 3.05) is 25.6 Å². The van der Waals surface area contributed by atoms with Crippen LogP contribution in [0.2, 0.25) is 0 Å². The second kappa shape index (κ2) is 5.76. The van der Waals surface area contributed by atoms with Crippen LogP contribution >= 0.6 is 0 Å². The van der Waals surface area contributed by atoms with Crippen molar-refractivity contribution < 1.29 is 27.6 Å². The second-order valence-corrected chi connectivity index (χ2v) is 3.89. The first-order chi connectivity index (χ1) is 9.16. The van der Waals surface area contributed by atoms with Gasteiger partial charge in [-0.2, -0.15) is 13.2 Å². The highest BCUT2D eigenvalue weighted by Gasteiger charge is 2.38. The zero-order valence-corrected chi connectivity index (χ0v) is 10.6. The van der Waals surface area contributed by atoms with Crippen LogP contribution in [0.3, 0.4) is 0 Å². The van der Waals surface area contributed by atoms with Crippen LogP contribution in [0.4, 0.5) is 24.5 Å². The van der Waals surface area contributed by atoms with E-state index in [1.165, 1.54) is 11.9 Å². The molecule has 0 radical (unpaired) electrons. The number of likely N-dealkylation sites (N-methyl/N-ethyl adjacent to an activating group) is 1. The van der Waals surface area contributed by atoms with Gasteiger partial charge in [0.25, 0.3) is 5.69 Å². The molecule has 1 aromatic carbocycles. The highest BCUT2D eigenvalue weighted by Crippen LogP contribution is 2.38. The summed E-state index contributed by atoms with van der Waals surface area (Å²) >= 11 is 0. The van der Waals surface area contributed by atoms with E-state index in [0.29, 0.717) is 6.07 Å². The SMILES string of the molecule is COC(=O)CN(C)c1ccc([N+](=O)[O-])c(C(F)(F)F)c1. The Morgan fingerprint density at radius 2 is 2.05 bits per heavy atom. The van der Waals surface area contributed by atoms with E-state index in [1.807, 2.05) is 0 Å². The minimum absolute atomic E-state index is 0.0216. The molecule has 0 saturated heterocycles. The van der Waals surface area contributed by atoms with Crippen LogP contribution in [0.5, 0.6) is 0 Å². The Hall–Kier alpha value is -2.32. The van der Waals surface area contributed by atoms with Crippen molar-refractivity contribution in [1.82, 2.24) is 0 Å². The number of esters is 1. The summed E-state index contributed by atoms with van der Waals surface area (Å²) in [4.78, 5) is 21.7. The fourth-order valence-electron chi connectivity index (χ4n) is 1.50. The van der Waals surface area contributed by atoms with E-state index < -0.39 is 28.3 Å². The lowest BCUT2D eigenvalue weighted by atomic mass is 10.1. The van der Waals surface area contributed by atoms with Gasteiger partial charge < -0.3 is 9.64 Å². The van der Waals surface area contributed by atoms with Gasteiger partial charge in [-0.3, -0.25) is 14.9 Å². The smallest absolute Gasteiger partial charge is 0.423 e. The van der Waals surface area contributed by atoms with Gasteiger partial charge >= 0.3 is 12.1 Å². The fourth-order valence-corrected chi connectivity index (χ4v) is 1.50. The summed E-state index contributed by atoms with van der Waals surface area (Å²) in [5.74, 6) is -0.639. The number of carbonyl (C=O) groups is 1. The van der Waals surface area contributed by atoms with Crippen LogP contribution in [0.15, 0.2) is 18.2 Å². The van der Waals surface area contributed by atoms with Gasteiger partial charge in [-0.15, -0.1) is 0 Å². The molecule has 0 bridgehead atoms. The highest BCUT2D eigenvalue weighted by molar-refractivity contribution is 5.75. The van der Waals surface area contributed by atoms with E-state index in [1.54, 1.807) is 0 Å². The van der Waals surface area contributed by atoms with Crippen LogP contribution in [-0.2, 0) is 15.7 Å². The number of rotatable bonds is 4. The van der Waals surface area contributed by atoms with Crippen LogP contribution < -0.4 is 4.90 Å². The number of nitrogens with zero attached hydrogens (tertiary/aromatic N) is 2. The van der Waals surface area contributed by atoms with Gasteiger partial charge in [-0.05, 0) is 12.1 Å². The predicted octanol–water partition coefficient (Wildman–Crippen LogP) is 2.22. The molecule has 0 amide bonds. The molecule has 1 aromatic rings. The number of ether oxygens (including phenoxy) is 1. The van der Waals surface area contributed by atoms with Crippen LogP contribution in [0, 0.1) is 10.1 Å². The molecule has 1 rings (SSSR count). The van der Waals surface area contributed by atoms with Gasteiger partial charge in [0.05, 0.1) is 12.0 Å². The van der Waals surface area contributed by atoms with Crippen LogP contribution in [0.25, 0.3) is 0 Å². The van der Waals surface area contributed by atoms with Crippen molar-refractivity contribution in [3.63, 3.8) is 0 Å². The number of carbonyl (C=O) groups excluding carboxylic acids is 1. The molecular formula is C11H11F3N2O4. The van der Waals surface area contributed by atoms with Crippen molar-refractivity contribution in [3.05, 3.63) is 33.9 Å². The molecule has 0 aliphatic carbocycles. The number of benzene rings is 1. The van der Waals surface area contributed by atoms with Gasteiger partial charge in [0.1, 0.15) is 12.1 Å². The molecule has 0 aliphatic heterocycles. The summed E-state index contributed by atoms with van der Waals surface area (Å²) in [7, 11) is 2.52. The minimum atomic E-state index is -4.86. The first-order valence-electron chi connectivity index (χ1n) is 5.30. The molecule has 0 aromatic heterocycles. The highest BCUT2D eigenvalue weighted by atomic mass is 19.4. The normalized spacial score (nSPS) is 11.1. The van der Waals surface area contributed by atoms with E-state index in [9.17, 15) is 28.1 Å². The molecule has 0 N–H and O–H groups in total. The molecule has 0 heterocycles. The fraction of sp³-hybridized carbons (Fsp3) is 0.364. The Bertz CT molecular complexity index is 531. The number of nitro groups is 1. The van der Waals surface area contributed by atoms with Crippen molar-refractivity contribution in [2.45, 2.75) is 6.18 Å². The lowest BCUT2D eigenvalue weighted by molar-refractivity contribution is -0.388. The van der Waals surface area contributed by atoms with Gasteiger partial charge in [0.2, 0.25) is 0 Å². The molecule has 110 valence electrons. The average Bonchev–Trinajstić information content (AvgIpc) is 2.36. The first kappa shape index (κ1) is 15.7. The van der Waals surface area contributed by atoms with Gasteiger partial charge in [0.15, 0.2) is 0 Å². The summed E-state index contributed by atoms with van der Waals surface area (Å²) in [5, 5.41) is 10.6. The molecule has 0 unspecified atom stereocenters. The lowest BCUT2D eigenvalue weighted by Gasteiger charge is -2.19. The summed E-state index contributed by atoms with van der Waals surface area (Å²) in [6, 6.07) is 2.52. The number of alkyl halides is 3. The van der Waals surface area contributed by atoms with Gasteiger partial charge in [0, 0.05) is 18.8 Å². The Balaban J connectivity index is 3.19. The van der Waals surface area contributed by atoms with E-state index in [-0.39, 0.29) is 12.2 Å². The molecular weight excluding hydrogens is 281 g/mol. The Kier molecular flexibility index (Phi) is 4.53. The molecule has 0 spiro atoms. The number of halogens is 3. The molecule has 0 aliphatic rings. The molecule has 6 nitrogen and oxygen atoms in total. The summed E-state index contributed by atoms with van der Waals surface area (Å²) in [6.45, 7) is -0.272. The first-order valence-corrected chi connectivity index (χ1v) is 5.30. The molecule has 0 fully saturated rings. The zero-order chi connectivity index (χ0) is 15.5. The Morgan fingerprint density at radius 3 is 2.50 bits per heavy atom. The largest absolute Gasteiger partial charge is 0.468 e. The molecule has 0 atom stereocenters. The summed E-state index contributed by atoms with van der Waals surface area (Å²) in [6.07, 6.45) is -4.86. The zero-order valence-electron chi connectivity index (χ0n) is 10.6. The number of hydrogen-bond donors (Lipinski definition) is 0. The number of methoxy groups -OCH3 is 1. The molecule has 0 saturated carbocycles. The minimum Gasteiger partial charge on any atom is -0.468 e. The third-order valence-corrected chi connectivity index (χ3v) is 2.52. The van der Waals surface area contributed by atoms with Crippen molar-refractivity contribution >= 4 is 17.3 Å². The maximum atomic E-state index is 12.8. The Labute approximate surface area is 111 Å². The van der Waals surface area contributed by atoms with Crippen LogP contribution in [-0.4, -0.2) is 31.6 Å². The summed E-state index contributed by atoms with van der Waals surface area (Å²) < 4.78 is 42.7. The maximum absolute atomic E-state index is 12.8. The van der Waals surface area contributed by atoms with E-state index >= 15 is 0 Å². The maximum Gasteiger partial charge on any atom is 0.423 e. The second-order valence-electron chi connectivity index (χ2n) is 3.89. The standard InChI is InChI=1S/C11H11F3N2O4/c1-15(6-10(17)20-2)7-3-4-9(16(18)19)8(5-7)11(12,13)14/h3-5H,6H2,1-2H3. The van der Waals surface area contributed by atoms with E-state index in [2.05, 4.69) is 4.74 Å². The quantitative estimate of drug-likeness (QED) is 0.483. The Morgan fingerprint density at radius 1 is 1.45 bits per heavy atom. The topological polar surface area (TPSA) is 72.7 Å². The van der Waals surface area contributed by atoms with Crippen LogP contribution in [0.1, 0.15) is 5.56 Å². The van der Waals surface area contributed by atoms with E-state index in [4.69, 9.17) is 0 Å². The lowest BCUT2D eigenvalue weighted by Crippen LogP contribution is -2.26. The summed E-state index contributed by atoms with van der Waals surface area (Å²) in [5.41, 5.74) is -2.38. The third kappa shape index (κ3) is 3.59. The van der Waals surface area contributed by atoms with Crippen molar-refractivity contribution in [3.8, 4) is 0 Å². The number of anilines is 1. The third-order valence-electron chi connectivity index (χ3n) is 2.52. The number of hydrogen-bond acceptors (Lipinski definition) is 5. The predicted molar refractivity (Wildman–Crippen MR) is 63.4 cm³/mol. The van der Waals surface area contributed by atoms with E-state index in [0.717, 1.165) is 19.2 Å². The van der Waals surface area contributed by atoms with Gasteiger partial charge in [-0.25, -0.2) is 0 Å². The number of nitro benzene ring substituents is 1. The molecule has 9 heteroatoms. The van der Waals surface area contributed by atoms with Crippen molar-refractivity contribution in [1.29, 1.82) is 0 Å².